The molecule has 0 saturated carbocycles. The first-order chi connectivity index (χ1) is 18.3. The van der Waals surface area contributed by atoms with Crippen molar-refractivity contribution in [2.45, 2.75) is 18.7 Å². The highest BCUT2D eigenvalue weighted by Crippen LogP contribution is 2.30. The third-order valence-corrected chi connectivity index (χ3v) is 8.47. The molecule has 0 saturated heterocycles. The minimum absolute atomic E-state index is 0.0594. The Hall–Kier alpha value is -4.43. The quantitative estimate of drug-likeness (QED) is 0.401. The topological polar surface area (TPSA) is 84.8 Å². The van der Waals surface area contributed by atoms with Gasteiger partial charge in [-0.05, 0) is 38.1 Å². The summed E-state index contributed by atoms with van der Waals surface area (Å²) in [4.78, 5) is 18.2. The second-order valence-corrected chi connectivity index (χ2v) is 11.1. The zero-order valence-corrected chi connectivity index (χ0v) is 21.9. The number of carbonyl (C=O) groups excluding carboxylic acids is 1. The van der Waals surface area contributed by atoms with E-state index in [2.05, 4.69) is 5.32 Å². The van der Waals surface area contributed by atoms with Gasteiger partial charge in [-0.15, -0.1) is 10.9 Å². The summed E-state index contributed by atoms with van der Waals surface area (Å²) in [5.41, 5.74) is 2.80. The second-order valence-electron chi connectivity index (χ2n) is 9.18. The second kappa shape index (κ2) is 10.1. The monoisotopic (exact) mass is 521 g/mol. The van der Waals surface area contributed by atoms with Crippen LogP contribution in [0.2, 0.25) is 0 Å². The predicted octanol–water partition coefficient (Wildman–Crippen LogP) is 4.12. The Balaban J connectivity index is 1.73. The Morgan fingerprint density at radius 1 is 0.737 bits per heavy atom. The van der Waals surface area contributed by atoms with Gasteiger partial charge < -0.3 is 14.9 Å². The fraction of sp³-hybridized carbons (Fsp3) is 0.0667. The molecule has 190 valence electrons. The maximum atomic E-state index is 14.0. The van der Waals surface area contributed by atoms with Crippen LogP contribution in [-0.2, 0) is 14.5 Å². The molecule has 1 heterocycles. The molecule has 1 aliphatic rings. The van der Waals surface area contributed by atoms with E-state index in [1.807, 2.05) is 67.6 Å². The van der Waals surface area contributed by atoms with Crippen molar-refractivity contribution in [2.24, 2.45) is 4.90 Å². The van der Waals surface area contributed by atoms with Crippen LogP contribution in [-0.4, -0.2) is 26.6 Å². The molecular formula is C30H26BN2O4S-. The molecule has 1 aliphatic heterocycles. The molecule has 4 aromatic rings. The molecule has 0 fully saturated rings. The first kappa shape index (κ1) is 25.2. The number of amides is 1. The van der Waals surface area contributed by atoms with Crippen molar-refractivity contribution < 1.29 is 17.9 Å². The minimum atomic E-state index is -4.10. The van der Waals surface area contributed by atoms with Crippen LogP contribution in [0.4, 0.5) is 0 Å². The summed E-state index contributed by atoms with van der Waals surface area (Å²) in [6, 6.07) is 34.0. The number of hydrogen-bond donors (Lipinski definition) is 1. The summed E-state index contributed by atoms with van der Waals surface area (Å²) in [6.07, 6.45) is 0. The van der Waals surface area contributed by atoms with E-state index in [4.69, 9.17) is 9.56 Å². The molecule has 5 rings (SSSR count). The van der Waals surface area contributed by atoms with Gasteiger partial charge in [0.15, 0.2) is 0 Å². The molecule has 0 aromatic heterocycles. The van der Waals surface area contributed by atoms with Gasteiger partial charge in [-0.25, -0.2) is 8.42 Å². The summed E-state index contributed by atoms with van der Waals surface area (Å²) in [7, 11) is -4.10. The summed E-state index contributed by atoms with van der Waals surface area (Å²) in [5, 5.41) is 2.81. The molecule has 4 aromatic carbocycles. The number of hydrogen-bond acceptors (Lipinski definition) is 5. The standard InChI is InChI=1S/C30H26BN2O4S/c1-22-18-20-27(21-19-22)38(35,36)28-23(2)37-31(25-14-8-4-9-15-25,26-16-10-5-11-17-26)33-29(28)32-30(34)24-12-6-3-7-13-24/h3-21H,1-2H3,(H,32,33,34)/q-1. The van der Waals surface area contributed by atoms with Gasteiger partial charge in [0.25, 0.3) is 5.91 Å². The van der Waals surface area contributed by atoms with Gasteiger partial charge in [-0.3, -0.25) is 4.79 Å². The number of allylic oxidation sites excluding steroid dienone is 1. The van der Waals surface area contributed by atoms with E-state index >= 15 is 0 Å². The molecule has 1 amide bonds. The van der Waals surface area contributed by atoms with Crippen molar-refractivity contribution in [2.75, 3.05) is 0 Å². The number of carbonyl (C=O) groups is 1. The Bertz CT molecular complexity index is 1600. The van der Waals surface area contributed by atoms with Crippen LogP contribution >= 0.6 is 0 Å². The number of nitrogens with one attached hydrogen (secondary N) is 1. The van der Waals surface area contributed by atoms with Gasteiger partial charge in [-0.1, -0.05) is 96.6 Å². The summed E-state index contributed by atoms with van der Waals surface area (Å²) >= 11 is 0. The van der Waals surface area contributed by atoms with Gasteiger partial charge >= 0.3 is 6.48 Å². The van der Waals surface area contributed by atoms with Gasteiger partial charge in [-0.2, -0.15) is 0 Å². The highest BCUT2D eigenvalue weighted by molar-refractivity contribution is 7.96. The Morgan fingerprint density at radius 3 is 1.76 bits per heavy atom. The Labute approximate surface area is 222 Å². The fourth-order valence-electron chi connectivity index (χ4n) is 4.66. The van der Waals surface area contributed by atoms with Crippen LogP contribution in [0.5, 0.6) is 0 Å². The Kier molecular flexibility index (Phi) is 6.74. The lowest BCUT2D eigenvalue weighted by Gasteiger charge is -2.44. The van der Waals surface area contributed by atoms with Crippen LogP contribution in [0.25, 0.3) is 0 Å². The average Bonchev–Trinajstić information content (AvgIpc) is 2.94. The number of nitrogens with zero attached hydrogens (tertiary/aromatic N) is 1. The largest absolute Gasteiger partial charge is 0.691 e. The maximum absolute atomic E-state index is 14.0. The molecule has 0 radical (unpaired) electrons. The number of amidine groups is 1. The minimum Gasteiger partial charge on any atom is -0.691 e. The van der Waals surface area contributed by atoms with E-state index in [1.165, 1.54) is 0 Å². The van der Waals surface area contributed by atoms with Crippen molar-refractivity contribution in [3.8, 4) is 0 Å². The number of rotatable bonds is 5. The van der Waals surface area contributed by atoms with Gasteiger partial charge in [0.2, 0.25) is 9.84 Å². The molecule has 38 heavy (non-hydrogen) atoms. The van der Waals surface area contributed by atoms with E-state index in [-0.39, 0.29) is 21.4 Å². The molecule has 8 heteroatoms. The van der Waals surface area contributed by atoms with Crippen molar-refractivity contribution >= 4 is 39.0 Å². The summed E-state index contributed by atoms with van der Waals surface area (Å²) in [5.74, 6) is -0.381. The van der Waals surface area contributed by atoms with Crippen LogP contribution in [0.15, 0.2) is 136 Å². The van der Waals surface area contributed by atoms with Crippen LogP contribution in [0, 0.1) is 6.92 Å². The Morgan fingerprint density at radius 2 is 1.24 bits per heavy atom. The van der Waals surface area contributed by atoms with Gasteiger partial charge in [0.05, 0.1) is 10.7 Å². The number of aryl methyl sites for hydroxylation is 1. The molecular weight excluding hydrogens is 495 g/mol. The van der Waals surface area contributed by atoms with Crippen molar-refractivity contribution in [3.63, 3.8) is 0 Å². The highest BCUT2D eigenvalue weighted by Gasteiger charge is 2.40. The third-order valence-electron chi connectivity index (χ3n) is 6.56. The fourth-order valence-corrected chi connectivity index (χ4v) is 6.17. The van der Waals surface area contributed by atoms with Crippen molar-refractivity contribution in [3.05, 3.63) is 137 Å². The van der Waals surface area contributed by atoms with E-state index in [0.717, 1.165) is 16.5 Å². The van der Waals surface area contributed by atoms with Gasteiger partial charge in [0, 0.05) is 5.56 Å². The first-order valence-electron chi connectivity index (χ1n) is 12.2. The molecule has 0 spiro atoms. The SMILES string of the molecule is CC1=C(S(=O)(=O)c2ccc(C)cc2)C(NC(=O)c2ccccc2)=N[B-](c2ccccc2)(c2ccccc2)O1. The summed E-state index contributed by atoms with van der Waals surface area (Å²) in [6.45, 7) is 1.17. The molecule has 6 nitrogen and oxygen atoms in total. The molecule has 0 aliphatic carbocycles. The molecule has 0 atom stereocenters. The number of benzene rings is 4. The predicted molar refractivity (Wildman–Crippen MR) is 151 cm³/mol. The maximum Gasteiger partial charge on any atom is 0.336 e. The van der Waals surface area contributed by atoms with Crippen LogP contribution in [0.3, 0.4) is 0 Å². The van der Waals surface area contributed by atoms with Gasteiger partial charge in [0.1, 0.15) is 10.7 Å². The van der Waals surface area contributed by atoms with Crippen molar-refractivity contribution in [1.29, 1.82) is 0 Å². The zero-order chi connectivity index (χ0) is 26.8. The normalized spacial score (nSPS) is 14.8. The smallest absolute Gasteiger partial charge is 0.336 e. The van der Waals surface area contributed by atoms with E-state index in [9.17, 15) is 13.2 Å². The zero-order valence-electron chi connectivity index (χ0n) is 21.0. The molecule has 1 N–H and O–H groups in total. The van der Waals surface area contributed by atoms with Crippen LogP contribution in [0.1, 0.15) is 22.8 Å². The van der Waals surface area contributed by atoms with Crippen molar-refractivity contribution in [1.82, 2.24) is 5.32 Å². The third kappa shape index (κ3) is 4.66. The lowest BCUT2D eigenvalue weighted by Crippen LogP contribution is -2.62. The summed E-state index contributed by atoms with van der Waals surface area (Å²) < 4.78 is 34.4. The molecule has 0 unspecified atom stereocenters. The van der Waals surface area contributed by atoms with Crippen LogP contribution < -0.4 is 16.2 Å². The van der Waals surface area contributed by atoms with E-state index in [1.54, 1.807) is 61.5 Å². The lowest BCUT2D eigenvalue weighted by molar-refractivity contribution is 0.0977. The average molecular weight is 521 g/mol. The van der Waals surface area contributed by atoms with E-state index < -0.39 is 22.2 Å². The molecule has 0 bridgehead atoms. The highest BCUT2D eigenvalue weighted by atomic mass is 32.2. The van der Waals surface area contributed by atoms with E-state index in [0.29, 0.717) is 5.56 Å². The first-order valence-corrected chi connectivity index (χ1v) is 13.7. The number of sulfone groups is 1. The lowest BCUT2D eigenvalue weighted by atomic mass is 9.42.